The van der Waals surface area contributed by atoms with Crippen molar-refractivity contribution in [3.8, 4) is 5.75 Å². The largest absolute Gasteiger partial charge is 0.489 e. The van der Waals surface area contributed by atoms with Crippen LogP contribution < -0.4 is 10.5 Å². The van der Waals surface area contributed by atoms with E-state index in [2.05, 4.69) is 4.98 Å². The first-order valence-corrected chi connectivity index (χ1v) is 8.93. The highest BCUT2D eigenvalue weighted by atomic mass is 19.3. The number of pyridine rings is 1. The van der Waals surface area contributed by atoms with Crippen molar-refractivity contribution in [2.24, 2.45) is 11.7 Å². The number of hydrogen-bond donors (Lipinski definition) is 1. The van der Waals surface area contributed by atoms with E-state index >= 15 is 0 Å². The lowest BCUT2D eigenvalue weighted by atomic mass is 9.86. The normalized spacial score (nSPS) is 23.0. The third kappa shape index (κ3) is 4.11. The van der Waals surface area contributed by atoms with E-state index in [-0.39, 0.29) is 61.6 Å². The molecular weight excluding hydrogens is 344 g/mol. The van der Waals surface area contributed by atoms with E-state index in [0.29, 0.717) is 6.54 Å². The first kappa shape index (κ1) is 18.5. The lowest BCUT2D eigenvalue weighted by Crippen LogP contribution is -2.44. The number of hydrogen-bond acceptors (Lipinski definition) is 4. The molecule has 3 rings (SSSR count). The van der Waals surface area contributed by atoms with E-state index in [0.717, 1.165) is 12.8 Å². The summed E-state index contributed by atoms with van der Waals surface area (Å²) in [6, 6.07) is 3.12. The maximum Gasteiger partial charge on any atom is 0.271 e. The maximum atomic E-state index is 13.3. The van der Waals surface area contributed by atoms with Gasteiger partial charge in [-0.3, -0.25) is 9.59 Å². The minimum atomic E-state index is -2.64. The molecule has 1 aliphatic heterocycles. The van der Waals surface area contributed by atoms with E-state index in [4.69, 9.17) is 10.5 Å². The lowest BCUT2D eigenvalue weighted by Gasteiger charge is -2.33. The molecule has 1 saturated carbocycles. The molecule has 1 unspecified atom stereocenters. The molecule has 1 atom stereocenters. The van der Waals surface area contributed by atoms with Gasteiger partial charge in [0.1, 0.15) is 6.61 Å². The van der Waals surface area contributed by atoms with Gasteiger partial charge in [0.05, 0.1) is 6.04 Å². The molecular formula is C18H23F2N3O3. The number of nitrogens with zero attached hydrogens (tertiary/aromatic N) is 2. The van der Waals surface area contributed by atoms with Gasteiger partial charge in [0.2, 0.25) is 11.8 Å². The van der Waals surface area contributed by atoms with Crippen LogP contribution in [0.15, 0.2) is 18.3 Å². The highest BCUT2D eigenvalue weighted by Gasteiger charge is 2.40. The molecule has 2 fully saturated rings. The van der Waals surface area contributed by atoms with Crippen LogP contribution in [0.1, 0.15) is 49.0 Å². The number of amides is 2. The van der Waals surface area contributed by atoms with Crippen molar-refractivity contribution in [2.75, 3.05) is 13.2 Å². The van der Waals surface area contributed by atoms with Gasteiger partial charge < -0.3 is 15.4 Å². The number of rotatable bonds is 5. The zero-order chi connectivity index (χ0) is 18.7. The Bertz CT molecular complexity index is 673. The highest BCUT2D eigenvalue weighted by Crippen LogP contribution is 2.37. The van der Waals surface area contributed by atoms with Crippen LogP contribution >= 0.6 is 0 Å². The molecule has 0 spiro atoms. The van der Waals surface area contributed by atoms with Gasteiger partial charge in [-0.2, -0.15) is 0 Å². The zero-order valence-electron chi connectivity index (χ0n) is 14.5. The molecule has 8 heteroatoms. The maximum absolute atomic E-state index is 13.3. The van der Waals surface area contributed by atoms with Gasteiger partial charge in [-0.05, 0) is 37.8 Å². The van der Waals surface area contributed by atoms with E-state index < -0.39 is 11.8 Å². The number of primary amides is 1. The quantitative estimate of drug-likeness (QED) is 0.866. The molecule has 1 aliphatic carbocycles. The highest BCUT2D eigenvalue weighted by molar-refractivity contribution is 5.93. The Morgan fingerprint density at radius 1 is 1.31 bits per heavy atom. The number of ether oxygens (including phenoxy) is 1. The Morgan fingerprint density at radius 3 is 2.73 bits per heavy atom. The van der Waals surface area contributed by atoms with Crippen molar-refractivity contribution in [3.63, 3.8) is 0 Å². The summed E-state index contributed by atoms with van der Waals surface area (Å²) in [7, 11) is 0. The Morgan fingerprint density at radius 2 is 2.04 bits per heavy atom. The molecule has 2 N–H and O–H groups in total. The van der Waals surface area contributed by atoms with Crippen LogP contribution in [0, 0.1) is 5.92 Å². The van der Waals surface area contributed by atoms with Crippen LogP contribution in [0.3, 0.4) is 0 Å². The summed E-state index contributed by atoms with van der Waals surface area (Å²) in [5, 5.41) is 0. The lowest BCUT2D eigenvalue weighted by molar-refractivity contribution is -0.141. The monoisotopic (exact) mass is 367 g/mol. The predicted molar refractivity (Wildman–Crippen MR) is 89.9 cm³/mol. The van der Waals surface area contributed by atoms with Crippen molar-refractivity contribution in [3.05, 3.63) is 24.0 Å². The van der Waals surface area contributed by atoms with E-state index in [9.17, 15) is 18.4 Å². The van der Waals surface area contributed by atoms with Crippen LogP contribution in [-0.2, 0) is 4.79 Å². The minimum absolute atomic E-state index is 0.0536. The number of carbonyl (C=O) groups excluding carboxylic acids is 2. The molecule has 2 aliphatic rings. The Kier molecular flexibility index (Phi) is 5.38. The standard InChI is InChI=1S/C18H23F2N3O3/c19-18(20)7-5-12(6-8-18)17(25)23-10-2-3-13(23)11-26-14-4-1-9-22-15(14)16(21)24/h1,4,9,12-13H,2-3,5-8,10-11H2,(H2,21,24). The van der Waals surface area contributed by atoms with Crippen LogP contribution in [0.25, 0.3) is 0 Å². The predicted octanol–water partition coefficient (Wildman–Crippen LogP) is 2.38. The van der Waals surface area contributed by atoms with Gasteiger partial charge >= 0.3 is 0 Å². The second kappa shape index (κ2) is 7.55. The van der Waals surface area contributed by atoms with Gasteiger partial charge in [-0.25, -0.2) is 13.8 Å². The van der Waals surface area contributed by atoms with Gasteiger partial charge in [-0.15, -0.1) is 0 Å². The molecule has 6 nitrogen and oxygen atoms in total. The minimum Gasteiger partial charge on any atom is -0.489 e. The average molecular weight is 367 g/mol. The Hall–Kier alpha value is -2.25. The summed E-state index contributed by atoms with van der Waals surface area (Å²) < 4.78 is 32.3. The summed E-state index contributed by atoms with van der Waals surface area (Å²) in [4.78, 5) is 29.8. The molecule has 142 valence electrons. The molecule has 2 amide bonds. The molecule has 0 aromatic carbocycles. The number of nitrogens with two attached hydrogens (primary N) is 1. The average Bonchev–Trinajstić information content (AvgIpc) is 3.08. The Balaban J connectivity index is 1.60. The summed E-state index contributed by atoms with van der Waals surface area (Å²) in [5.74, 6) is -3.43. The zero-order valence-corrected chi connectivity index (χ0v) is 14.5. The van der Waals surface area contributed by atoms with Crippen molar-refractivity contribution >= 4 is 11.8 Å². The van der Waals surface area contributed by atoms with Crippen LogP contribution in [0.2, 0.25) is 0 Å². The SMILES string of the molecule is NC(=O)c1ncccc1OCC1CCCN1C(=O)C1CCC(F)(F)CC1. The fraction of sp³-hybridized carbons (Fsp3) is 0.611. The number of alkyl halides is 2. The van der Waals surface area contributed by atoms with Gasteiger partial charge in [-0.1, -0.05) is 0 Å². The first-order valence-electron chi connectivity index (χ1n) is 8.93. The molecule has 0 radical (unpaired) electrons. The van der Waals surface area contributed by atoms with Crippen LogP contribution in [0.4, 0.5) is 8.78 Å². The fourth-order valence-electron chi connectivity index (χ4n) is 3.70. The van der Waals surface area contributed by atoms with Crippen LogP contribution in [0.5, 0.6) is 5.75 Å². The second-order valence-electron chi connectivity index (χ2n) is 6.98. The summed E-state index contributed by atoms with van der Waals surface area (Å²) in [6.07, 6.45) is 3.08. The first-order chi connectivity index (χ1) is 12.4. The molecule has 26 heavy (non-hydrogen) atoms. The molecule has 1 aromatic rings. The van der Waals surface area contributed by atoms with E-state index in [1.165, 1.54) is 6.20 Å². The van der Waals surface area contributed by atoms with E-state index in [1.54, 1.807) is 17.0 Å². The topological polar surface area (TPSA) is 85.5 Å². The number of likely N-dealkylation sites (tertiary alicyclic amines) is 1. The van der Waals surface area contributed by atoms with Gasteiger partial charge in [0, 0.05) is 31.5 Å². The molecule has 1 aromatic heterocycles. The van der Waals surface area contributed by atoms with Gasteiger partial charge in [0.15, 0.2) is 11.4 Å². The van der Waals surface area contributed by atoms with Crippen LogP contribution in [-0.4, -0.2) is 46.8 Å². The third-order valence-corrected chi connectivity index (χ3v) is 5.16. The van der Waals surface area contributed by atoms with Crippen molar-refractivity contribution < 1.29 is 23.1 Å². The third-order valence-electron chi connectivity index (χ3n) is 5.16. The Labute approximate surface area is 150 Å². The molecule has 0 bridgehead atoms. The number of carbonyl (C=O) groups is 2. The summed E-state index contributed by atoms with van der Waals surface area (Å²) in [6.45, 7) is 0.829. The van der Waals surface area contributed by atoms with Crippen molar-refractivity contribution in [1.82, 2.24) is 9.88 Å². The van der Waals surface area contributed by atoms with E-state index in [1.807, 2.05) is 0 Å². The molecule has 1 saturated heterocycles. The summed E-state index contributed by atoms with van der Waals surface area (Å²) in [5.41, 5.74) is 5.34. The fourth-order valence-corrected chi connectivity index (χ4v) is 3.70. The van der Waals surface area contributed by atoms with Crippen molar-refractivity contribution in [2.45, 2.75) is 50.5 Å². The smallest absolute Gasteiger partial charge is 0.271 e. The van der Waals surface area contributed by atoms with Gasteiger partial charge in [0.25, 0.3) is 5.91 Å². The second-order valence-corrected chi connectivity index (χ2v) is 6.98. The molecule has 2 heterocycles. The number of halogens is 2. The summed E-state index contributed by atoms with van der Waals surface area (Å²) >= 11 is 0. The van der Waals surface area contributed by atoms with Crippen molar-refractivity contribution in [1.29, 1.82) is 0 Å². The number of aromatic nitrogens is 1.